The first-order chi connectivity index (χ1) is 28.3. The second kappa shape index (κ2) is 25.2. The van der Waals surface area contributed by atoms with Gasteiger partial charge in [-0.05, 0) is 155 Å². The summed E-state index contributed by atoms with van der Waals surface area (Å²) in [6.07, 6.45) is 36.3. The lowest BCUT2D eigenvalue weighted by molar-refractivity contribution is -0.0186. The summed E-state index contributed by atoms with van der Waals surface area (Å²) < 4.78 is 0. The summed E-state index contributed by atoms with van der Waals surface area (Å²) in [5, 5.41) is 8.17. The van der Waals surface area contributed by atoms with Gasteiger partial charge in [-0.25, -0.2) is 0 Å². The van der Waals surface area contributed by atoms with Crippen LogP contribution >= 0.6 is 0 Å². The van der Waals surface area contributed by atoms with E-state index in [2.05, 4.69) is 89.7 Å². The highest BCUT2D eigenvalue weighted by Crippen LogP contribution is 2.55. The van der Waals surface area contributed by atoms with Crippen LogP contribution in [0.4, 0.5) is 0 Å². The highest BCUT2D eigenvalue weighted by Gasteiger charge is 2.47. The Balaban J connectivity index is 1.31. The average molecular weight is 809 g/mol. The van der Waals surface area contributed by atoms with Gasteiger partial charge in [-0.15, -0.1) is 0 Å². The summed E-state index contributed by atoms with van der Waals surface area (Å²) in [6, 6.07) is 1.41. The maximum absolute atomic E-state index is 4.11. The zero-order chi connectivity index (χ0) is 41.6. The van der Waals surface area contributed by atoms with Gasteiger partial charge in [0, 0.05) is 25.2 Å². The number of hydrogen-bond acceptors (Lipinski definition) is 4. The largest absolute Gasteiger partial charge is 0.297 e. The Morgan fingerprint density at radius 1 is 0.483 bits per heavy atom. The molecule has 5 aliphatic rings. The Morgan fingerprint density at radius 2 is 0.966 bits per heavy atom. The number of likely N-dealkylation sites (N-methyl/N-ethyl adjacent to an activating group) is 2. The molecule has 14 unspecified atom stereocenters. The van der Waals surface area contributed by atoms with E-state index in [1.807, 2.05) is 0 Å². The summed E-state index contributed by atoms with van der Waals surface area (Å²) in [6.45, 7) is 29.8. The van der Waals surface area contributed by atoms with Crippen LogP contribution in [-0.2, 0) is 0 Å². The molecule has 5 rings (SSSR count). The molecule has 5 fully saturated rings. The van der Waals surface area contributed by atoms with Gasteiger partial charge in [-0.3, -0.25) is 20.4 Å². The Labute approximate surface area is 364 Å². The van der Waals surface area contributed by atoms with Crippen molar-refractivity contribution in [1.82, 2.24) is 20.4 Å². The summed E-state index contributed by atoms with van der Waals surface area (Å²) in [5.41, 5.74) is 0. The number of rotatable bonds is 24. The van der Waals surface area contributed by atoms with Crippen LogP contribution in [0.2, 0.25) is 0 Å². The summed E-state index contributed by atoms with van der Waals surface area (Å²) >= 11 is 0. The normalized spacial score (nSPS) is 36.1. The predicted molar refractivity (Wildman–Crippen MR) is 254 cm³/mol. The van der Waals surface area contributed by atoms with Crippen LogP contribution in [0, 0.1) is 71.0 Å². The van der Waals surface area contributed by atoms with E-state index in [1.165, 1.54) is 161 Å². The zero-order valence-electron chi connectivity index (χ0n) is 40.9. The molecule has 2 heterocycles. The number of hydrogen-bond donors (Lipinski definition) is 2. The van der Waals surface area contributed by atoms with Crippen molar-refractivity contribution in [2.75, 3.05) is 26.2 Å². The molecule has 2 aliphatic heterocycles. The van der Waals surface area contributed by atoms with Gasteiger partial charge in [-0.2, -0.15) is 0 Å². The van der Waals surface area contributed by atoms with E-state index >= 15 is 0 Å². The number of nitrogens with zero attached hydrogens (tertiary/aromatic N) is 2. The molecule has 58 heavy (non-hydrogen) atoms. The standard InChI is InChI=1S/C54H104N4/c1-11-23-43(39(9)31-32-40(10)51-37-57(17-7)53(15-5)55-51)47-27-19-21-29-49(47)45(25-13-3)46(26-14-4)50-30-22-20-28-48(50)44(24-12-2)41-33-35-42(36-34-41)52-38-58(18-8)54(16-6)56-52/h39-56H,11-38H2,1-10H3. The zero-order valence-corrected chi connectivity index (χ0v) is 40.9. The fourth-order valence-corrected chi connectivity index (χ4v) is 15.6. The van der Waals surface area contributed by atoms with Crippen molar-refractivity contribution in [3.8, 4) is 0 Å². The molecular formula is C54H104N4. The van der Waals surface area contributed by atoms with Crippen LogP contribution in [0.5, 0.6) is 0 Å². The second-order valence-electron chi connectivity index (χ2n) is 21.8. The van der Waals surface area contributed by atoms with Crippen LogP contribution in [-0.4, -0.2) is 60.4 Å². The lowest BCUT2D eigenvalue weighted by Crippen LogP contribution is -2.44. The quantitative estimate of drug-likeness (QED) is 0.102. The molecule has 3 aliphatic carbocycles. The SMILES string of the molecule is CCCC(C(C)CCC(C)C1CN(CC)C(CC)N1)C1CCCCC1C(CCC)C(CCC)C1CCCCC1C(CCC)C1CCC(C2CN(CC)C(CC)N2)CC1. The Hall–Kier alpha value is -0.160. The second-order valence-corrected chi connectivity index (χ2v) is 21.8. The van der Waals surface area contributed by atoms with Crippen molar-refractivity contribution < 1.29 is 0 Å². The Bertz CT molecular complexity index is 1060. The number of nitrogens with one attached hydrogen (secondary N) is 2. The third-order valence-electron chi connectivity index (χ3n) is 18.6. The van der Waals surface area contributed by atoms with Crippen LogP contribution in [0.15, 0.2) is 0 Å². The van der Waals surface area contributed by atoms with Gasteiger partial charge >= 0.3 is 0 Å². The van der Waals surface area contributed by atoms with Crippen LogP contribution in [0.1, 0.15) is 223 Å². The molecule has 0 aromatic heterocycles. The van der Waals surface area contributed by atoms with Gasteiger partial charge in [0.25, 0.3) is 0 Å². The molecule has 0 aromatic carbocycles. The topological polar surface area (TPSA) is 30.5 Å². The minimum Gasteiger partial charge on any atom is -0.297 e. The molecule has 3 saturated carbocycles. The van der Waals surface area contributed by atoms with E-state index in [-0.39, 0.29) is 0 Å². The third-order valence-corrected chi connectivity index (χ3v) is 18.6. The van der Waals surface area contributed by atoms with E-state index in [9.17, 15) is 0 Å². The summed E-state index contributed by atoms with van der Waals surface area (Å²) in [7, 11) is 0. The molecule has 0 spiro atoms. The van der Waals surface area contributed by atoms with E-state index in [0.717, 1.165) is 77.1 Å². The molecule has 4 heteroatoms. The van der Waals surface area contributed by atoms with Crippen molar-refractivity contribution in [3.63, 3.8) is 0 Å². The lowest BCUT2D eigenvalue weighted by atomic mass is 9.54. The first kappa shape index (κ1) is 48.9. The molecule has 14 atom stereocenters. The first-order valence-electron chi connectivity index (χ1n) is 27.3. The maximum Gasteiger partial charge on any atom is 0.0597 e. The molecule has 2 N–H and O–H groups in total. The Kier molecular flexibility index (Phi) is 21.2. The van der Waals surface area contributed by atoms with Crippen LogP contribution in [0.3, 0.4) is 0 Å². The van der Waals surface area contributed by atoms with Crippen molar-refractivity contribution >= 4 is 0 Å². The molecule has 0 bridgehead atoms. The van der Waals surface area contributed by atoms with Gasteiger partial charge in [0.15, 0.2) is 0 Å². The van der Waals surface area contributed by atoms with Crippen LogP contribution in [0.25, 0.3) is 0 Å². The average Bonchev–Trinajstić information content (AvgIpc) is 3.90. The van der Waals surface area contributed by atoms with Gasteiger partial charge in [0.1, 0.15) is 0 Å². The molecule has 2 saturated heterocycles. The molecule has 0 radical (unpaired) electrons. The fraction of sp³-hybridized carbons (Fsp3) is 1.00. The predicted octanol–water partition coefficient (Wildman–Crippen LogP) is 14.2. The van der Waals surface area contributed by atoms with Gasteiger partial charge in [0.2, 0.25) is 0 Å². The van der Waals surface area contributed by atoms with E-state index in [4.69, 9.17) is 0 Å². The molecule has 4 nitrogen and oxygen atoms in total. The fourth-order valence-electron chi connectivity index (χ4n) is 15.6. The molecule has 0 amide bonds. The van der Waals surface area contributed by atoms with E-state index in [1.54, 1.807) is 19.3 Å². The first-order valence-corrected chi connectivity index (χ1v) is 27.3. The summed E-state index contributed by atoms with van der Waals surface area (Å²) in [4.78, 5) is 5.42. The molecule has 0 aromatic rings. The maximum atomic E-state index is 4.11. The highest BCUT2D eigenvalue weighted by atomic mass is 15.3. The smallest absolute Gasteiger partial charge is 0.0597 e. The lowest BCUT2D eigenvalue weighted by Gasteiger charge is -2.51. The van der Waals surface area contributed by atoms with Crippen molar-refractivity contribution in [2.24, 2.45) is 71.0 Å². The van der Waals surface area contributed by atoms with Crippen molar-refractivity contribution in [3.05, 3.63) is 0 Å². The van der Waals surface area contributed by atoms with Gasteiger partial charge in [-0.1, -0.05) is 153 Å². The Morgan fingerprint density at radius 3 is 1.47 bits per heavy atom. The van der Waals surface area contributed by atoms with Gasteiger partial charge < -0.3 is 0 Å². The highest BCUT2D eigenvalue weighted by molar-refractivity contribution is 4.98. The van der Waals surface area contributed by atoms with Crippen LogP contribution < -0.4 is 10.6 Å². The van der Waals surface area contributed by atoms with E-state index < -0.39 is 0 Å². The van der Waals surface area contributed by atoms with Crippen molar-refractivity contribution in [2.45, 2.75) is 248 Å². The monoisotopic (exact) mass is 809 g/mol. The molecular weight excluding hydrogens is 705 g/mol. The molecule has 340 valence electrons. The minimum absolute atomic E-state index is 0.591. The summed E-state index contributed by atoms with van der Waals surface area (Å²) in [5.74, 6) is 11.2. The van der Waals surface area contributed by atoms with E-state index in [0.29, 0.717) is 18.4 Å². The van der Waals surface area contributed by atoms with Gasteiger partial charge in [0.05, 0.1) is 12.3 Å². The minimum atomic E-state index is 0.591. The third kappa shape index (κ3) is 12.3. The van der Waals surface area contributed by atoms with Crippen molar-refractivity contribution in [1.29, 1.82) is 0 Å².